The van der Waals surface area contributed by atoms with Gasteiger partial charge in [-0.3, -0.25) is 18.2 Å². The quantitative estimate of drug-likeness (QED) is 0.168. The lowest BCUT2D eigenvalue weighted by atomic mass is 10.0. The Bertz CT molecular complexity index is 1020. The van der Waals surface area contributed by atoms with Crippen molar-refractivity contribution in [3.8, 4) is 0 Å². The van der Waals surface area contributed by atoms with Gasteiger partial charge in [0, 0.05) is 43.3 Å². The van der Waals surface area contributed by atoms with Crippen LogP contribution in [-0.2, 0) is 6.42 Å². The molecule has 2 aromatic rings. The summed E-state index contributed by atoms with van der Waals surface area (Å²) < 4.78 is 28.5. The zero-order valence-corrected chi connectivity index (χ0v) is 24.7. The fraction of sp³-hybridized carbons (Fsp3) is 0.621. The highest BCUT2D eigenvalue weighted by Crippen LogP contribution is 2.50. The molecule has 1 aliphatic rings. The fourth-order valence-corrected chi connectivity index (χ4v) is 6.55. The third-order valence-electron chi connectivity index (χ3n) is 7.11. The van der Waals surface area contributed by atoms with Crippen molar-refractivity contribution in [2.45, 2.75) is 84.4 Å². The maximum Gasteiger partial charge on any atom is 0.251 e. The first-order valence-electron chi connectivity index (χ1n) is 14.3. The molecule has 1 aliphatic heterocycles. The summed E-state index contributed by atoms with van der Waals surface area (Å²) in [4.78, 5) is 13.5. The highest BCUT2D eigenvalue weighted by atomic mass is 32.3. The molecule has 1 aromatic carbocycles. The van der Waals surface area contributed by atoms with E-state index in [-0.39, 0.29) is 11.9 Å². The second-order valence-corrected chi connectivity index (χ2v) is 13.1. The largest absolute Gasteiger partial charge is 0.469 e. The van der Waals surface area contributed by atoms with Gasteiger partial charge in [-0.2, -0.15) is 0 Å². The molecule has 1 unspecified atom stereocenters. The zero-order valence-electron chi connectivity index (χ0n) is 23.9. The molecular formula is C29H48N4O5S. The molecule has 3 rings (SSSR count). The van der Waals surface area contributed by atoms with Gasteiger partial charge < -0.3 is 25.5 Å². The van der Waals surface area contributed by atoms with Crippen LogP contribution in [0.2, 0.25) is 0 Å². The third-order valence-corrected chi connectivity index (χ3v) is 9.04. The van der Waals surface area contributed by atoms with Gasteiger partial charge in [0.05, 0.1) is 29.8 Å². The molecule has 1 saturated heterocycles. The molecule has 9 nitrogen and oxygen atoms in total. The van der Waals surface area contributed by atoms with Gasteiger partial charge in [-0.1, -0.05) is 26.7 Å². The Kier molecular flexibility index (Phi) is 12.0. The second kappa shape index (κ2) is 14.9. The van der Waals surface area contributed by atoms with Gasteiger partial charge in [-0.05, 0) is 69.4 Å². The number of carbonyl (C=O) groups is 1. The van der Waals surface area contributed by atoms with E-state index in [2.05, 4.69) is 36.7 Å². The average molecular weight is 565 g/mol. The summed E-state index contributed by atoms with van der Waals surface area (Å²) >= 11 is 0. The summed E-state index contributed by atoms with van der Waals surface area (Å²) in [5, 5.41) is 20.8. The molecule has 1 aromatic heterocycles. The Labute approximate surface area is 235 Å². The molecule has 6 N–H and O–H groups in total. The Morgan fingerprint density at radius 1 is 1.15 bits per heavy atom. The van der Waals surface area contributed by atoms with Crippen molar-refractivity contribution in [3.05, 3.63) is 47.9 Å². The van der Waals surface area contributed by atoms with Crippen LogP contribution in [0, 0.1) is 5.92 Å². The molecule has 0 radical (unpaired) electrons. The van der Waals surface area contributed by atoms with Crippen LogP contribution in [0.3, 0.4) is 0 Å². The number of carbonyl (C=O) groups excluding carboxylic acids is 1. The number of aliphatic hydroxyl groups excluding tert-OH is 1. The van der Waals surface area contributed by atoms with Crippen molar-refractivity contribution in [2.75, 3.05) is 35.0 Å². The predicted octanol–water partition coefficient (Wildman–Crippen LogP) is 5.48. The molecule has 39 heavy (non-hydrogen) atoms. The van der Waals surface area contributed by atoms with Gasteiger partial charge in [0.2, 0.25) is 0 Å². The smallest absolute Gasteiger partial charge is 0.251 e. The number of anilines is 2. The van der Waals surface area contributed by atoms with Gasteiger partial charge in [-0.15, -0.1) is 10.8 Å². The Morgan fingerprint density at radius 3 is 2.62 bits per heavy atom. The summed E-state index contributed by atoms with van der Waals surface area (Å²) in [6.07, 6.45) is 6.02. The molecule has 1 amide bonds. The number of hydrogen-bond donors (Lipinski definition) is 6. The molecule has 10 heteroatoms. The van der Waals surface area contributed by atoms with Crippen LogP contribution in [0.4, 0.5) is 11.4 Å². The molecular weight excluding hydrogens is 516 g/mol. The number of benzene rings is 1. The molecule has 1 fully saturated rings. The van der Waals surface area contributed by atoms with E-state index in [0.717, 1.165) is 31.4 Å². The van der Waals surface area contributed by atoms with Crippen LogP contribution >= 0.6 is 10.8 Å². The Hall–Kier alpha value is -2.24. The maximum atomic E-state index is 13.5. The van der Waals surface area contributed by atoms with Crippen LogP contribution in [0.25, 0.3) is 0 Å². The van der Waals surface area contributed by atoms with Crippen LogP contribution < -0.4 is 20.3 Å². The van der Waals surface area contributed by atoms with Crippen LogP contribution in [0.1, 0.15) is 75.9 Å². The van der Waals surface area contributed by atoms with Gasteiger partial charge in [0.15, 0.2) is 0 Å². The summed E-state index contributed by atoms with van der Waals surface area (Å²) in [5.41, 5.74) is 1.70. The normalized spacial score (nSPS) is 18.4. The number of amides is 1. The average Bonchev–Trinajstić information content (AvgIpc) is 3.39. The van der Waals surface area contributed by atoms with E-state index in [1.165, 1.54) is 6.42 Å². The number of rotatable bonds is 15. The monoisotopic (exact) mass is 564 g/mol. The number of furan rings is 1. The van der Waals surface area contributed by atoms with Crippen molar-refractivity contribution < 1.29 is 23.4 Å². The van der Waals surface area contributed by atoms with E-state index >= 15 is 0 Å². The number of hydrogen-bond acceptors (Lipinski definition) is 8. The predicted molar refractivity (Wildman–Crippen MR) is 161 cm³/mol. The fourth-order valence-electron chi connectivity index (χ4n) is 4.88. The molecule has 2 heterocycles. The lowest BCUT2D eigenvalue weighted by Gasteiger charge is -2.47. The van der Waals surface area contributed by atoms with Gasteiger partial charge in [0.1, 0.15) is 5.76 Å². The topological polar surface area (TPSA) is 130 Å². The maximum absolute atomic E-state index is 13.5. The van der Waals surface area contributed by atoms with E-state index < -0.39 is 22.9 Å². The standard InChI is InChI=1S/C29H48N4O5S/c1-5-30-24-16-23(17-25(18-24)33-13-6-7-15-39(33,36)37)29(35)32-27(19-26-12-9-14-38-26)28(34)20-31-22(4)11-8-10-21(2)3/h9,12,14,16-18,21-22,27-28,30-31,34,36-37H,5-8,10-11,13,15,19-20H2,1-4H3,(H,32,35)/t22?,27-,28+/m0/s1. The van der Waals surface area contributed by atoms with Crippen molar-refractivity contribution in [2.24, 2.45) is 5.92 Å². The molecule has 3 atom stereocenters. The molecule has 220 valence electrons. The molecule has 0 saturated carbocycles. The van der Waals surface area contributed by atoms with E-state index in [1.54, 1.807) is 28.8 Å². The van der Waals surface area contributed by atoms with Crippen molar-refractivity contribution in [1.29, 1.82) is 0 Å². The molecule has 0 spiro atoms. The van der Waals surface area contributed by atoms with Crippen LogP contribution in [-0.4, -0.2) is 63.7 Å². The van der Waals surface area contributed by atoms with E-state index in [1.807, 2.05) is 19.1 Å². The van der Waals surface area contributed by atoms with Crippen molar-refractivity contribution in [1.82, 2.24) is 10.6 Å². The summed E-state index contributed by atoms with van der Waals surface area (Å²) in [5.74, 6) is 1.32. The first kappa shape index (κ1) is 31.3. The Morgan fingerprint density at radius 2 is 1.95 bits per heavy atom. The van der Waals surface area contributed by atoms with Crippen molar-refractivity contribution >= 4 is 28.1 Å². The molecule has 0 bridgehead atoms. The minimum Gasteiger partial charge on any atom is -0.469 e. The van der Waals surface area contributed by atoms with Crippen LogP contribution in [0.15, 0.2) is 41.0 Å². The first-order valence-corrected chi connectivity index (χ1v) is 15.9. The van der Waals surface area contributed by atoms with Gasteiger partial charge >= 0.3 is 0 Å². The van der Waals surface area contributed by atoms with E-state index in [4.69, 9.17) is 4.42 Å². The minimum atomic E-state index is -2.94. The summed E-state index contributed by atoms with van der Waals surface area (Å²) in [6.45, 7) is 10.0. The summed E-state index contributed by atoms with van der Waals surface area (Å²) in [7, 11) is -2.94. The number of aliphatic hydroxyl groups is 1. The van der Waals surface area contributed by atoms with E-state index in [0.29, 0.717) is 54.7 Å². The van der Waals surface area contributed by atoms with E-state index in [9.17, 15) is 19.0 Å². The highest BCUT2D eigenvalue weighted by Gasteiger charge is 2.29. The zero-order chi connectivity index (χ0) is 28.4. The Balaban J connectivity index is 1.75. The minimum absolute atomic E-state index is 0.252. The van der Waals surface area contributed by atoms with Crippen molar-refractivity contribution in [3.63, 3.8) is 0 Å². The summed E-state index contributed by atoms with van der Waals surface area (Å²) in [6, 6.07) is 8.59. The SMILES string of the molecule is CCNc1cc(C(=O)N[C@@H](Cc2ccco2)[C@H](O)CNC(C)CCCC(C)C)cc(N2CCCCS2(O)O)c1. The number of nitrogens with zero attached hydrogens (tertiary/aromatic N) is 1. The first-order chi connectivity index (χ1) is 18.6. The van der Waals surface area contributed by atoms with Gasteiger partial charge in [0.25, 0.3) is 5.91 Å². The lowest BCUT2D eigenvalue weighted by molar-refractivity contribution is 0.0818. The second-order valence-electron chi connectivity index (χ2n) is 11.0. The lowest BCUT2D eigenvalue weighted by Crippen LogP contribution is -2.49. The molecule has 0 aliphatic carbocycles. The highest BCUT2D eigenvalue weighted by molar-refractivity contribution is 8.25. The number of nitrogens with one attached hydrogen (secondary N) is 3. The van der Waals surface area contributed by atoms with Crippen LogP contribution in [0.5, 0.6) is 0 Å². The van der Waals surface area contributed by atoms with Gasteiger partial charge in [-0.25, -0.2) is 0 Å². The third kappa shape index (κ3) is 9.72.